The van der Waals surface area contributed by atoms with Gasteiger partial charge in [-0.2, -0.15) is 0 Å². The number of halogens is 2. The second-order valence-electron chi connectivity index (χ2n) is 8.19. The molecule has 2 atom stereocenters. The molecule has 0 aliphatic carbocycles. The average Bonchev–Trinajstić information content (AvgIpc) is 2.97. The fourth-order valence-electron chi connectivity index (χ4n) is 4.46. The minimum atomic E-state index is -0.0987. The Morgan fingerprint density at radius 2 is 2.03 bits per heavy atom. The molecule has 0 unspecified atom stereocenters. The van der Waals surface area contributed by atoms with Gasteiger partial charge in [-0.25, -0.2) is 4.98 Å². The van der Waals surface area contributed by atoms with E-state index in [4.69, 9.17) is 38.7 Å². The van der Waals surface area contributed by atoms with E-state index < -0.39 is 0 Å². The van der Waals surface area contributed by atoms with Crippen LogP contribution in [0.15, 0.2) is 29.1 Å². The van der Waals surface area contributed by atoms with Crippen molar-refractivity contribution in [2.45, 2.75) is 45.4 Å². The summed E-state index contributed by atoms with van der Waals surface area (Å²) in [6.07, 6.45) is 1.99. The molecule has 2 fully saturated rings. The predicted molar refractivity (Wildman–Crippen MR) is 116 cm³/mol. The van der Waals surface area contributed by atoms with Gasteiger partial charge in [0.25, 0.3) is 5.56 Å². The number of aromatic nitrogens is 2. The van der Waals surface area contributed by atoms with Crippen molar-refractivity contribution in [3.8, 4) is 0 Å². The Labute approximate surface area is 180 Å². The highest BCUT2D eigenvalue weighted by molar-refractivity contribution is 6.42. The molecule has 0 amide bonds. The third-order valence-corrected chi connectivity index (χ3v) is 7.33. The average molecular weight is 437 g/mol. The molecule has 2 aliphatic heterocycles. The van der Waals surface area contributed by atoms with Gasteiger partial charge in [-0.1, -0.05) is 35.3 Å². The van der Waals surface area contributed by atoms with Crippen LogP contribution in [0.25, 0.3) is 0 Å². The minimum Gasteiger partial charge on any atom is -0.376 e. The van der Waals surface area contributed by atoms with Gasteiger partial charge in [0, 0.05) is 30.6 Å². The fraction of sp³-hybridized carbons (Fsp3) is 0.524. The predicted octanol–water partition coefficient (Wildman–Crippen LogP) is 3.24. The molecule has 1 spiro atoms. The van der Waals surface area contributed by atoms with Gasteiger partial charge in [-0.05, 0) is 38.3 Å². The Morgan fingerprint density at radius 1 is 1.31 bits per heavy atom. The summed E-state index contributed by atoms with van der Waals surface area (Å²) in [4.78, 5) is 19.7. The maximum Gasteiger partial charge on any atom is 0.255 e. The van der Waals surface area contributed by atoms with Crippen LogP contribution in [0.1, 0.15) is 31.2 Å². The highest BCUT2D eigenvalue weighted by Crippen LogP contribution is 2.41. The monoisotopic (exact) mass is 436 g/mol. The molecular weight excluding hydrogens is 411 g/mol. The molecule has 2 N–H and O–H groups in total. The third-order valence-electron chi connectivity index (χ3n) is 6.48. The van der Waals surface area contributed by atoms with E-state index in [-0.39, 0.29) is 23.1 Å². The van der Waals surface area contributed by atoms with Gasteiger partial charge >= 0.3 is 0 Å². The quantitative estimate of drug-likeness (QED) is 0.798. The lowest BCUT2D eigenvalue weighted by Crippen LogP contribution is -2.51. The summed E-state index contributed by atoms with van der Waals surface area (Å²) in [6.45, 7) is 6.58. The summed E-state index contributed by atoms with van der Waals surface area (Å²) in [5.74, 6) is 1.37. The van der Waals surface area contributed by atoms with Gasteiger partial charge in [-0.15, -0.1) is 0 Å². The molecule has 1 aromatic carbocycles. The van der Waals surface area contributed by atoms with Crippen LogP contribution in [0.4, 0.5) is 5.82 Å². The Hall–Kier alpha value is -1.60. The van der Waals surface area contributed by atoms with Crippen LogP contribution in [-0.2, 0) is 11.3 Å². The Balaban J connectivity index is 1.52. The molecule has 6 nitrogen and oxygen atoms in total. The largest absolute Gasteiger partial charge is 0.376 e. The van der Waals surface area contributed by atoms with Crippen LogP contribution in [0.3, 0.4) is 0 Å². The fourth-order valence-corrected chi connectivity index (χ4v) is 4.84. The molecule has 8 heteroatoms. The zero-order valence-electron chi connectivity index (χ0n) is 16.7. The van der Waals surface area contributed by atoms with Gasteiger partial charge in [-0.3, -0.25) is 9.36 Å². The Morgan fingerprint density at radius 3 is 2.66 bits per heavy atom. The standard InChI is InChI=1S/C21H26Cl2N4O2/c1-13-20(24)21(12-29-13)6-8-26(9-7-21)17-10-18(28)27(14(2)25-17)11-15-4-3-5-16(22)19(15)23/h3-5,10,13,20H,6-9,11-12,24H2,1-2H3/t13-,20+/m0/s1. The van der Waals surface area contributed by atoms with Crippen LogP contribution >= 0.6 is 23.2 Å². The molecule has 0 radical (unpaired) electrons. The first-order chi connectivity index (χ1) is 13.8. The molecule has 4 rings (SSSR count). The maximum absolute atomic E-state index is 12.8. The van der Waals surface area contributed by atoms with Crippen molar-refractivity contribution in [3.05, 3.63) is 56.1 Å². The summed E-state index contributed by atoms with van der Waals surface area (Å²) < 4.78 is 7.42. The zero-order chi connectivity index (χ0) is 20.8. The van der Waals surface area contributed by atoms with E-state index in [0.717, 1.165) is 43.9 Å². The number of nitrogens with two attached hydrogens (primary N) is 1. The number of aryl methyl sites for hydroxylation is 1. The van der Waals surface area contributed by atoms with Crippen molar-refractivity contribution >= 4 is 29.0 Å². The first-order valence-electron chi connectivity index (χ1n) is 9.94. The molecule has 0 saturated carbocycles. The van der Waals surface area contributed by atoms with Crippen LogP contribution in [-0.4, -0.2) is 41.4 Å². The van der Waals surface area contributed by atoms with E-state index >= 15 is 0 Å². The summed E-state index contributed by atoms with van der Waals surface area (Å²) in [5.41, 5.74) is 7.14. The molecule has 2 saturated heterocycles. The molecule has 29 heavy (non-hydrogen) atoms. The van der Waals surface area contributed by atoms with E-state index in [9.17, 15) is 4.79 Å². The van der Waals surface area contributed by atoms with Crippen molar-refractivity contribution in [1.82, 2.24) is 9.55 Å². The van der Waals surface area contributed by atoms with Gasteiger partial charge in [0.2, 0.25) is 0 Å². The normalized spacial score (nSPS) is 23.7. The third kappa shape index (κ3) is 3.79. The smallest absolute Gasteiger partial charge is 0.255 e. The minimum absolute atomic E-state index is 0.0449. The van der Waals surface area contributed by atoms with Gasteiger partial charge < -0.3 is 15.4 Å². The summed E-state index contributed by atoms with van der Waals surface area (Å²) in [5, 5.41) is 0.945. The maximum atomic E-state index is 12.8. The van der Waals surface area contributed by atoms with Crippen molar-refractivity contribution < 1.29 is 4.74 Å². The lowest BCUT2D eigenvalue weighted by Gasteiger charge is -2.41. The number of nitrogens with zero attached hydrogens (tertiary/aromatic N) is 3. The summed E-state index contributed by atoms with van der Waals surface area (Å²) in [7, 11) is 0. The van der Waals surface area contributed by atoms with E-state index in [1.807, 2.05) is 26.0 Å². The zero-order valence-corrected chi connectivity index (χ0v) is 18.2. The lowest BCUT2D eigenvalue weighted by molar-refractivity contribution is 0.0974. The number of hydrogen-bond acceptors (Lipinski definition) is 5. The van der Waals surface area contributed by atoms with E-state index in [2.05, 4.69) is 4.90 Å². The van der Waals surface area contributed by atoms with E-state index in [0.29, 0.717) is 22.4 Å². The molecule has 2 aliphatic rings. The van der Waals surface area contributed by atoms with Crippen LogP contribution in [0.2, 0.25) is 10.0 Å². The second kappa shape index (κ2) is 7.91. The van der Waals surface area contributed by atoms with Crippen molar-refractivity contribution in [1.29, 1.82) is 0 Å². The summed E-state index contributed by atoms with van der Waals surface area (Å²) >= 11 is 12.4. The van der Waals surface area contributed by atoms with Crippen LogP contribution in [0.5, 0.6) is 0 Å². The Kier molecular flexibility index (Phi) is 5.64. The molecule has 0 bridgehead atoms. The van der Waals surface area contributed by atoms with Crippen molar-refractivity contribution in [3.63, 3.8) is 0 Å². The SMILES string of the molecule is Cc1nc(N2CCC3(CC2)CO[C@@H](C)[C@H]3N)cc(=O)n1Cc1cccc(Cl)c1Cl. The van der Waals surface area contributed by atoms with E-state index in [1.165, 1.54) is 0 Å². The van der Waals surface area contributed by atoms with Gasteiger partial charge in [0.15, 0.2) is 0 Å². The first-order valence-corrected chi connectivity index (χ1v) is 10.7. The Bertz CT molecular complexity index is 970. The van der Waals surface area contributed by atoms with Crippen LogP contribution < -0.4 is 16.2 Å². The van der Waals surface area contributed by atoms with Crippen molar-refractivity contribution in [2.24, 2.45) is 11.1 Å². The second-order valence-corrected chi connectivity index (χ2v) is 8.98. The number of anilines is 1. The number of rotatable bonds is 3. The van der Waals surface area contributed by atoms with Gasteiger partial charge in [0.1, 0.15) is 11.6 Å². The molecular formula is C21H26Cl2N4O2. The number of benzene rings is 1. The molecule has 3 heterocycles. The molecule has 156 valence electrons. The van der Waals surface area contributed by atoms with E-state index in [1.54, 1.807) is 16.7 Å². The highest BCUT2D eigenvalue weighted by atomic mass is 35.5. The molecule has 2 aromatic rings. The number of piperidine rings is 1. The lowest BCUT2D eigenvalue weighted by atomic mass is 9.73. The van der Waals surface area contributed by atoms with Crippen LogP contribution in [0, 0.1) is 12.3 Å². The number of ether oxygens (including phenoxy) is 1. The van der Waals surface area contributed by atoms with Gasteiger partial charge in [0.05, 0.1) is 29.3 Å². The first kappa shape index (κ1) is 20.7. The highest BCUT2D eigenvalue weighted by Gasteiger charge is 2.47. The van der Waals surface area contributed by atoms with Crippen molar-refractivity contribution in [2.75, 3.05) is 24.6 Å². The topological polar surface area (TPSA) is 73.4 Å². The number of hydrogen-bond donors (Lipinski definition) is 1. The molecule has 1 aromatic heterocycles. The summed E-state index contributed by atoms with van der Waals surface area (Å²) in [6, 6.07) is 7.10.